The van der Waals surface area contributed by atoms with E-state index in [1.807, 2.05) is 0 Å². The van der Waals surface area contributed by atoms with Gasteiger partial charge in [-0.15, -0.1) is 24.8 Å². The molecule has 38 heavy (non-hydrogen) atoms. The van der Waals surface area contributed by atoms with Crippen LogP contribution in [0.1, 0.15) is 49.9 Å². The van der Waals surface area contributed by atoms with Crippen LogP contribution < -0.4 is 0 Å². The van der Waals surface area contributed by atoms with Gasteiger partial charge in [0, 0.05) is 0 Å². The zero-order chi connectivity index (χ0) is 24.3. The average molecular weight is 704 g/mol. The Morgan fingerprint density at radius 2 is 0.947 bits per heavy atom. The smallest absolute Gasteiger partial charge is 0.147 e. The molecule has 0 spiro atoms. The fraction of sp³-hybridized carbons (Fsp3) is 0.200. The molecule has 1 saturated heterocycles. The monoisotopic (exact) mass is 704 g/mol. The van der Waals surface area contributed by atoms with Crippen LogP contribution in [0.3, 0.4) is 0 Å². The number of benzene rings is 4. The van der Waals surface area contributed by atoms with Crippen LogP contribution in [0.15, 0.2) is 108 Å². The topological polar surface area (TPSA) is 0 Å². The zero-order valence-electron chi connectivity index (χ0n) is 22.0. The third-order valence-corrected chi connectivity index (χ3v) is 32.2. The van der Waals surface area contributed by atoms with Crippen molar-refractivity contribution in [1.82, 2.24) is 0 Å². The maximum atomic E-state index is 2.55. The van der Waals surface area contributed by atoms with E-state index in [0.29, 0.717) is 7.35 Å². The summed E-state index contributed by atoms with van der Waals surface area (Å²) in [6.07, 6.45) is 6.53. The van der Waals surface area contributed by atoms with Crippen molar-refractivity contribution in [3.05, 3.63) is 130 Å². The van der Waals surface area contributed by atoms with Gasteiger partial charge < -0.3 is 0 Å². The maximum absolute atomic E-state index is 2.85. The van der Waals surface area contributed by atoms with Gasteiger partial charge in [-0.05, 0) is 0 Å². The molecule has 0 bridgehead atoms. The van der Waals surface area contributed by atoms with Crippen molar-refractivity contribution in [2.24, 2.45) is 0 Å². The number of halogens is 2. The van der Waals surface area contributed by atoms with Gasteiger partial charge in [0.1, 0.15) is 0 Å². The molecule has 2 aliphatic carbocycles. The molecule has 7 rings (SSSR count). The summed E-state index contributed by atoms with van der Waals surface area (Å²) in [5.74, 6) is 0. The van der Waals surface area contributed by atoms with Crippen LogP contribution >= 0.6 is 24.8 Å². The summed E-state index contributed by atoms with van der Waals surface area (Å²) >= 11 is -2.85. The summed E-state index contributed by atoms with van der Waals surface area (Å²) in [4.78, 5) is 0. The first-order chi connectivity index (χ1) is 17.7. The minimum atomic E-state index is -2.85. The Labute approximate surface area is 244 Å². The molecule has 0 saturated carbocycles. The van der Waals surface area contributed by atoms with E-state index in [0.717, 1.165) is 0 Å². The second kappa shape index (κ2) is 10.8. The minimum absolute atomic E-state index is 0. The molecule has 2 unspecified atom stereocenters. The molecule has 0 radical (unpaired) electrons. The molecule has 3 aliphatic rings. The van der Waals surface area contributed by atoms with E-state index in [1.54, 1.807) is 22.3 Å². The Bertz CT molecular complexity index is 1420. The molecule has 1 fully saturated rings. The summed E-state index contributed by atoms with van der Waals surface area (Å²) in [6.45, 7) is 4.88. The molecule has 0 aromatic heterocycles. The molecule has 0 amide bonds. The number of allylic oxidation sites excluding steroid dienone is 2. The molecule has 2 atom stereocenters. The fourth-order valence-electron chi connectivity index (χ4n) is 7.70. The van der Waals surface area contributed by atoms with Crippen LogP contribution in [0.2, 0.25) is 8.35 Å². The van der Waals surface area contributed by atoms with E-state index in [9.17, 15) is 0 Å². The largest absolute Gasteiger partial charge is 0.147 e. The number of hydrogen-bond donors (Lipinski definition) is 0. The SMILES string of the molecule is CC1=Cc2c(-c3ccccc3)cccc2[CH]1[Hf]1([CH]2C(C)=Cc3c(-c4ccccc4)cccc32)[CH2]C[CH2]1.Cl.Cl. The third-order valence-electron chi connectivity index (χ3n) is 9.16. The first-order valence-electron chi connectivity index (χ1n) is 13.4. The van der Waals surface area contributed by atoms with Gasteiger partial charge in [0.25, 0.3) is 0 Å². The molecule has 4 aromatic carbocycles. The molecule has 4 aromatic rings. The van der Waals surface area contributed by atoms with Gasteiger partial charge in [0.15, 0.2) is 0 Å². The predicted octanol–water partition coefficient (Wildman–Crippen LogP) is 10.9. The standard InChI is InChI=1S/2C16H13.C3H6.2ClH.Hf/c2*1-12-10-14-8-5-9-15(16(14)11-12)13-6-3-2-4-7-13;1-3-2;;;/h2*2-11H,1H3;1-3H2;2*1H;. The summed E-state index contributed by atoms with van der Waals surface area (Å²) in [7, 11) is 0. The van der Waals surface area contributed by atoms with Gasteiger partial charge in [-0.2, -0.15) is 0 Å². The molecule has 192 valence electrons. The quantitative estimate of drug-likeness (QED) is 0.186. The Morgan fingerprint density at radius 1 is 0.526 bits per heavy atom. The molecule has 1 heterocycles. The van der Waals surface area contributed by atoms with Gasteiger partial charge in [-0.1, -0.05) is 0 Å². The van der Waals surface area contributed by atoms with E-state index in [1.165, 1.54) is 48.2 Å². The van der Waals surface area contributed by atoms with Crippen molar-refractivity contribution in [3.8, 4) is 22.3 Å². The van der Waals surface area contributed by atoms with E-state index in [-0.39, 0.29) is 24.8 Å². The Morgan fingerprint density at radius 3 is 1.32 bits per heavy atom. The second-order valence-electron chi connectivity index (χ2n) is 11.1. The van der Waals surface area contributed by atoms with Crippen LogP contribution in [-0.2, 0) is 20.0 Å². The van der Waals surface area contributed by atoms with Crippen molar-refractivity contribution in [2.75, 3.05) is 0 Å². The van der Waals surface area contributed by atoms with Gasteiger partial charge >= 0.3 is 221 Å². The van der Waals surface area contributed by atoms with Crippen molar-refractivity contribution >= 4 is 37.0 Å². The van der Waals surface area contributed by atoms with Crippen LogP contribution in [0, 0.1) is 0 Å². The predicted molar refractivity (Wildman–Crippen MR) is 165 cm³/mol. The Kier molecular flexibility index (Phi) is 7.75. The zero-order valence-corrected chi connectivity index (χ0v) is 27.2. The molecular formula is C35H34Cl2Hf. The van der Waals surface area contributed by atoms with Gasteiger partial charge in [0.05, 0.1) is 0 Å². The fourth-order valence-corrected chi connectivity index (χ4v) is 30.6. The van der Waals surface area contributed by atoms with Crippen LogP contribution in [0.25, 0.3) is 34.4 Å². The van der Waals surface area contributed by atoms with Gasteiger partial charge in [-0.3, -0.25) is 0 Å². The van der Waals surface area contributed by atoms with Crippen molar-refractivity contribution < 1.29 is 20.0 Å². The molecular weight excluding hydrogens is 670 g/mol. The number of fused-ring (bicyclic) bond motifs is 2. The van der Waals surface area contributed by atoms with E-state index in [4.69, 9.17) is 0 Å². The van der Waals surface area contributed by atoms with E-state index >= 15 is 0 Å². The first-order valence-corrected chi connectivity index (χ1v) is 22.6. The normalized spacial score (nSPS) is 20.2. The number of rotatable bonds is 4. The van der Waals surface area contributed by atoms with Crippen LogP contribution in [0.5, 0.6) is 0 Å². The van der Waals surface area contributed by atoms with Crippen molar-refractivity contribution in [3.63, 3.8) is 0 Å². The van der Waals surface area contributed by atoms with Gasteiger partial charge in [-0.25, -0.2) is 0 Å². The molecule has 1 aliphatic heterocycles. The van der Waals surface area contributed by atoms with Crippen molar-refractivity contribution in [2.45, 2.75) is 36.0 Å². The minimum Gasteiger partial charge on any atom is -0.147 e. The average Bonchev–Trinajstić information content (AvgIpc) is 3.41. The molecule has 3 heteroatoms. The van der Waals surface area contributed by atoms with E-state index in [2.05, 4.69) is 123 Å². The Balaban J connectivity index is 0.00000147. The first kappa shape index (κ1) is 27.4. The summed E-state index contributed by atoms with van der Waals surface area (Å²) in [5, 5.41) is 0. The Hall–Kier alpha value is -2.19. The number of hydrogen-bond acceptors (Lipinski definition) is 0. The third kappa shape index (κ3) is 4.14. The van der Waals surface area contributed by atoms with E-state index < -0.39 is 20.0 Å². The van der Waals surface area contributed by atoms with Gasteiger partial charge in [0.2, 0.25) is 0 Å². The maximum Gasteiger partial charge on any atom is -0.147 e. The van der Waals surface area contributed by atoms with Crippen molar-refractivity contribution in [1.29, 1.82) is 0 Å². The van der Waals surface area contributed by atoms with Crippen LogP contribution in [0.4, 0.5) is 0 Å². The second-order valence-corrected chi connectivity index (χ2v) is 27.7. The summed E-state index contributed by atoms with van der Waals surface area (Å²) in [5.41, 5.74) is 15.0. The summed E-state index contributed by atoms with van der Waals surface area (Å²) < 4.78 is 4.43. The molecule has 0 nitrogen and oxygen atoms in total. The molecule has 0 N–H and O–H groups in total. The summed E-state index contributed by atoms with van der Waals surface area (Å²) in [6, 6.07) is 36.2. The van der Waals surface area contributed by atoms with Crippen LogP contribution in [-0.4, -0.2) is 0 Å².